The van der Waals surface area contributed by atoms with Gasteiger partial charge in [0.05, 0.1) is 23.0 Å². The lowest BCUT2D eigenvalue weighted by atomic mass is 10.1. The molecule has 1 heterocycles. The summed E-state index contributed by atoms with van der Waals surface area (Å²) < 4.78 is 0. The molecule has 96 valence electrons. The van der Waals surface area contributed by atoms with Gasteiger partial charge in [-0.2, -0.15) is 10.4 Å². The van der Waals surface area contributed by atoms with Crippen LogP contribution >= 0.6 is 0 Å². The molecule has 4 N–H and O–H groups in total. The Morgan fingerprint density at radius 1 is 1.47 bits per heavy atom. The van der Waals surface area contributed by atoms with Gasteiger partial charge in [-0.05, 0) is 31.5 Å². The van der Waals surface area contributed by atoms with E-state index in [0.29, 0.717) is 22.6 Å². The van der Waals surface area contributed by atoms with Crippen LogP contribution < -0.4 is 11.1 Å². The number of nitrogens with two attached hydrogens (primary N) is 1. The standard InChI is InChI=1S/C13H13N5O/c1-7-3-4-9(6-14)5-10(7)16-13(19)12-11(15)8(2)17-18-12/h3-5H,15H2,1-2H3,(H,16,19)(H,17,18). The van der Waals surface area contributed by atoms with Crippen LogP contribution in [0.5, 0.6) is 0 Å². The van der Waals surface area contributed by atoms with Gasteiger partial charge in [-0.15, -0.1) is 0 Å². The van der Waals surface area contributed by atoms with E-state index in [-0.39, 0.29) is 5.69 Å². The summed E-state index contributed by atoms with van der Waals surface area (Å²) >= 11 is 0. The molecule has 6 nitrogen and oxygen atoms in total. The highest BCUT2D eigenvalue weighted by molar-refractivity contribution is 6.06. The Bertz CT molecular complexity index is 681. The first kappa shape index (κ1) is 12.6. The SMILES string of the molecule is Cc1ccc(C#N)cc1NC(=O)c1n[nH]c(C)c1N. The Morgan fingerprint density at radius 3 is 2.79 bits per heavy atom. The normalized spacial score (nSPS) is 9.95. The van der Waals surface area contributed by atoms with Gasteiger partial charge in [0.1, 0.15) is 0 Å². The summed E-state index contributed by atoms with van der Waals surface area (Å²) in [6, 6.07) is 7.10. The second kappa shape index (κ2) is 4.82. The number of rotatable bonds is 2. The van der Waals surface area contributed by atoms with Crippen molar-refractivity contribution >= 4 is 17.3 Å². The van der Waals surface area contributed by atoms with E-state index in [9.17, 15) is 4.79 Å². The molecule has 0 aliphatic heterocycles. The lowest BCUT2D eigenvalue weighted by molar-refractivity contribution is 0.102. The number of nitriles is 1. The molecule has 0 saturated carbocycles. The number of hydrogen-bond donors (Lipinski definition) is 3. The second-order valence-corrected chi connectivity index (χ2v) is 4.21. The number of amides is 1. The zero-order chi connectivity index (χ0) is 14.0. The van der Waals surface area contributed by atoms with Crippen LogP contribution in [0.2, 0.25) is 0 Å². The zero-order valence-corrected chi connectivity index (χ0v) is 10.6. The van der Waals surface area contributed by atoms with E-state index in [1.807, 2.05) is 13.0 Å². The summed E-state index contributed by atoms with van der Waals surface area (Å²) in [4.78, 5) is 12.0. The molecule has 2 rings (SSSR count). The van der Waals surface area contributed by atoms with E-state index >= 15 is 0 Å². The summed E-state index contributed by atoms with van der Waals surface area (Å²) in [5.41, 5.74) is 8.78. The monoisotopic (exact) mass is 255 g/mol. The van der Waals surface area contributed by atoms with Crippen molar-refractivity contribution in [2.45, 2.75) is 13.8 Å². The zero-order valence-electron chi connectivity index (χ0n) is 10.6. The maximum atomic E-state index is 12.0. The number of nitrogen functional groups attached to an aromatic ring is 1. The molecule has 1 aromatic heterocycles. The van der Waals surface area contributed by atoms with Crippen LogP contribution in [-0.4, -0.2) is 16.1 Å². The number of benzene rings is 1. The molecule has 0 fully saturated rings. The minimum Gasteiger partial charge on any atom is -0.395 e. The van der Waals surface area contributed by atoms with Crippen LogP contribution in [0.15, 0.2) is 18.2 Å². The lowest BCUT2D eigenvalue weighted by Gasteiger charge is -2.07. The van der Waals surface area contributed by atoms with Crippen LogP contribution in [0, 0.1) is 25.2 Å². The predicted octanol–water partition coefficient (Wildman–Crippen LogP) is 1.73. The Kier molecular flexibility index (Phi) is 3.21. The molecule has 0 radical (unpaired) electrons. The van der Waals surface area contributed by atoms with Gasteiger partial charge in [-0.3, -0.25) is 9.89 Å². The molecule has 19 heavy (non-hydrogen) atoms. The Balaban J connectivity index is 2.29. The van der Waals surface area contributed by atoms with E-state index in [4.69, 9.17) is 11.0 Å². The van der Waals surface area contributed by atoms with E-state index in [1.54, 1.807) is 25.1 Å². The molecule has 2 aromatic rings. The van der Waals surface area contributed by atoms with Crippen LogP contribution in [-0.2, 0) is 0 Å². The van der Waals surface area contributed by atoms with Crippen molar-refractivity contribution in [2.24, 2.45) is 0 Å². The molecule has 1 aromatic carbocycles. The van der Waals surface area contributed by atoms with Gasteiger partial charge in [0.25, 0.3) is 5.91 Å². The topological polar surface area (TPSA) is 108 Å². The number of hydrogen-bond acceptors (Lipinski definition) is 4. The van der Waals surface area contributed by atoms with Gasteiger partial charge in [0, 0.05) is 5.69 Å². The Morgan fingerprint density at radius 2 is 2.21 bits per heavy atom. The van der Waals surface area contributed by atoms with Crippen molar-refractivity contribution in [3.63, 3.8) is 0 Å². The fourth-order valence-electron chi connectivity index (χ4n) is 1.62. The van der Waals surface area contributed by atoms with Gasteiger partial charge in [-0.1, -0.05) is 6.07 Å². The van der Waals surface area contributed by atoms with Gasteiger partial charge in [0.15, 0.2) is 5.69 Å². The smallest absolute Gasteiger partial charge is 0.278 e. The quantitative estimate of drug-likeness (QED) is 0.759. The van der Waals surface area contributed by atoms with Gasteiger partial charge in [0.2, 0.25) is 0 Å². The average molecular weight is 255 g/mol. The number of aromatic amines is 1. The number of H-pyrrole nitrogens is 1. The summed E-state index contributed by atoms with van der Waals surface area (Å²) in [5, 5.41) is 18.1. The van der Waals surface area contributed by atoms with Crippen LogP contribution in [0.1, 0.15) is 27.3 Å². The lowest BCUT2D eigenvalue weighted by Crippen LogP contribution is -2.15. The molecule has 0 saturated heterocycles. The van der Waals surface area contributed by atoms with Crippen molar-refractivity contribution in [1.82, 2.24) is 10.2 Å². The average Bonchev–Trinajstić information content (AvgIpc) is 2.73. The number of carbonyl (C=O) groups excluding carboxylic acids is 1. The predicted molar refractivity (Wildman–Crippen MR) is 71.6 cm³/mol. The molecule has 0 aliphatic rings. The van der Waals surface area contributed by atoms with E-state index in [1.165, 1.54) is 0 Å². The van der Waals surface area contributed by atoms with Crippen LogP contribution in [0.3, 0.4) is 0 Å². The molecule has 1 amide bonds. The molecule has 6 heteroatoms. The van der Waals surface area contributed by atoms with Crippen molar-refractivity contribution in [3.8, 4) is 6.07 Å². The second-order valence-electron chi connectivity index (χ2n) is 4.21. The summed E-state index contributed by atoms with van der Waals surface area (Å²) in [6.45, 7) is 3.58. The van der Waals surface area contributed by atoms with Crippen molar-refractivity contribution in [2.75, 3.05) is 11.1 Å². The molecule has 0 bridgehead atoms. The fourth-order valence-corrected chi connectivity index (χ4v) is 1.62. The third-order valence-corrected chi connectivity index (χ3v) is 2.82. The first-order valence-corrected chi connectivity index (χ1v) is 5.65. The first-order valence-electron chi connectivity index (χ1n) is 5.65. The molecule has 0 unspecified atom stereocenters. The van der Waals surface area contributed by atoms with Gasteiger partial charge in [-0.25, -0.2) is 0 Å². The summed E-state index contributed by atoms with van der Waals surface area (Å²) in [7, 11) is 0. The third-order valence-electron chi connectivity index (χ3n) is 2.82. The van der Waals surface area contributed by atoms with E-state index in [0.717, 1.165) is 5.56 Å². The highest BCUT2D eigenvalue weighted by Gasteiger charge is 2.16. The fraction of sp³-hybridized carbons (Fsp3) is 0.154. The van der Waals surface area contributed by atoms with Crippen molar-refractivity contribution in [3.05, 3.63) is 40.7 Å². The molecule has 0 atom stereocenters. The molecular formula is C13H13N5O. The number of aromatic nitrogens is 2. The van der Waals surface area contributed by atoms with Crippen LogP contribution in [0.25, 0.3) is 0 Å². The largest absolute Gasteiger partial charge is 0.395 e. The molecule has 0 spiro atoms. The number of anilines is 2. The number of carbonyl (C=O) groups is 1. The first-order chi connectivity index (χ1) is 9.02. The van der Waals surface area contributed by atoms with Crippen molar-refractivity contribution < 1.29 is 4.79 Å². The van der Waals surface area contributed by atoms with E-state index in [2.05, 4.69) is 15.5 Å². The number of nitrogens with zero attached hydrogens (tertiary/aromatic N) is 2. The van der Waals surface area contributed by atoms with Gasteiger partial charge >= 0.3 is 0 Å². The van der Waals surface area contributed by atoms with E-state index < -0.39 is 5.91 Å². The highest BCUT2D eigenvalue weighted by atomic mass is 16.2. The summed E-state index contributed by atoms with van der Waals surface area (Å²) in [5.74, 6) is -0.403. The van der Waals surface area contributed by atoms with Gasteiger partial charge < -0.3 is 11.1 Å². The van der Waals surface area contributed by atoms with Crippen LogP contribution in [0.4, 0.5) is 11.4 Å². The molecule has 0 aliphatic carbocycles. The number of nitrogens with one attached hydrogen (secondary N) is 2. The summed E-state index contributed by atoms with van der Waals surface area (Å²) in [6.07, 6.45) is 0. The Labute approximate surface area is 110 Å². The maximum absolute atomic E-state index is 12.0. The van der Waals surface area contributed by atoms with Crippen molar-refractivity contribution in [1.29, 1.82) is 5.26 Å². The minimum atomic E-state index is -0.403. The number of aryl methyl sites for hydroxylation is 2. The highest BCUT2D eigenvalue weighted by Crippen LogP contribution is 2.19. The maximum Gasteiger partial charge on any atom is 0.278 e. The third kappa shape index (κ3) is 2.40. The Hall–Kier alpha value is -2.81. The molecular weight excluding hydrogens is 242 g/mol. The minimum absolute atomic E-state index is 0.152.